The van der Waals surface area contributed by atoms with Gasteiger partial charge in [0, 0.05) is 69.5 Å². The zero-order valence-corrected chi connectivity index (χ0v) is 20.9. The highest BCUT2D eigenvalue weighted by atomic mass is 16.5. The van der Waals surface area contributed by atoms with Crippen LogP contribution in [0.5, 0.6) is 0 Å². The lowest BCUT2D eigenvalue weighted by atomic mass is 10.1. The fourth-order valence-electron chi connectivity index (χ4n) is 5.70. The number of nitriles is 1. The Balaban J connectivity index is 1.13. The van der Waals surface area contributed by atoms with Crippen LogP contribution in [-0.2, 0) is 11.3 Å². The van der Waals surface area contributed by atoms with Crippen LogP contribution in [0.15, 0.2) is 42.4 Å². The van der Waals surface area contributed by atoms with E-state index < -0.39 is 0 Å². The number of pyridine rings is 2. The summed E-state index contributed by atoms with van der Waals surface area (Å²) >= 11 is 0. The molecule has 8 nitrogen and oxygen atoms in total. The lowest BCUT2D eigenvalue weighted by molar-refractivity contribution is -0.0327. The molecule has 3 aliphatic heterocycles. The molecule has 5 heterocycles. The second-order valence-corrected chi connectivity index (χ2v) is 10.1. The molecule has 0 amide bonds. The van der Waals surface area contributed by atoms with E-state index in [1.54, 1.807) is 0 Å². The normalized spacial score (nSPS) is 25.4. The van der Waals surface area contributed by atoms with Gasteiger partial charge in [-0.3, -0.25) is 4.90 Å². The minimum absolute atomic E-state index is 0.00618. The van der Waals surface area contributed by atoms with Crippen LogP contribution in [-0.4, -0.2) is 72.9 Å². The van der Waals surface area contributed by atoms with Gasteiger partial charge in [0.2, 0.25) is 0 Å². The van der Waals surface area contributed by atoms with Crippen LogP contribution >= 0.6 is 0 Å². The molecule has 36 heavy (non-hydrogen) atoms. The zero-order chi connectivity index (χ0) is 26.4. The van der Waals surface area contributed by atoms with Gasteiger partial charge in [0.1, 0.15) is 17.6 Å². The number of rotatable bonds is 4. The molecule has 6 rings (SSSR count). The summed E-state index contributed by atoms with van der Waals surface area (Å²) in [6.45, 7) is 11.1. The summed E-state index contributed by atoms with van der Waals surface area (Å²) in [4.78, 5) is 16.4. The number of nitrogens with one attached hydrogen (secondary N) is 1. The third-order valence-corrected chi connectivity index (χ3v) is 7.53. The van der Waals surface area contributed by atoms with E-state index in [1.807, 2.05) is 24.3 Å². The Morgan fingerprint density at radius 1 is 1.08 bits per heavy atom. The molecule has 3 aliphatic rings. The fourth-order valence-corrected chi connectivity index (χ4v) is 5.70. The quantitative estimate of drug-likeness (QED) is 0.604. The largest absolute Gasteiger partial charge is 0.370 e. The van der Waals surface area contributed by atoms with E-state index in [4.69, 9.17) is 12.5 Å². The highest BCUT2D eigenvalue weighted by Gasteiger charge is 2.30. The summed E-state index contributed by atoms with van der Waals surface area (Å²) < 4.78 is 23.2. The van der Waals surface area contributed by atoms with Crippen molar-refractivity contribution >= 4 is 22.4 Å². The first-order valence-electron chi connectivity index (χ1n) is 13.8. The molecule has 0 aliphatic carbocycles. The molecular formula is C28H33N7O. The van der Waals surface area contributed by atoms with Crippen LogP contribution in [0.1, 0.15) is 39.6 Å². The molecule has 0 saturated carbocycles. The number of hydrogen-bond donors (Lipinski definition) is 1. The van der Waals surface area contributed by atoms with Crippen LogP contribution in [0.2, 0.25) is 0 Å². The van der Waals surface area contributed by atoms with Crippen LogP contribution in [0, 0.1) is 11.3 Å². The van der Waals surface area contributed by atoms with E-state index in [9.17, 15) is 5.26 Å². The van der Waals surface area contributed by atoms with Gasteiger partial charge in [0.15, 0.2) is 0 Å². The number of aromatic nitrogens is 2. The third kappa shape index (κ3) is 4.50. The minimum atomic E-state index is -0.119. The van der Waals surface area contributed by atoms with Crippen molar-refractivity contribution in [3.63, 3.8) is 0 Å². The predicted molar refractivity (Wildman–Crippen MR) is 141 cm³/mol. The van der Waals surface area contributed by atoms with E-state index in [0.717, 1.165) is 50.8 Å². The lowest BCUT2D eigenvalue weighted by Gasteiger charge is -2.42. The number of piperazine rings is 1. The van der Waals surface area contributed by atoms with Crippen LogP contribution in [0.25, 0.3) is 10.9 Å². The number of nitrogens with zero attached hydrogens (tertiary/aromatic N) is 6. The van der Waals surface area contributed by atoms with Gasteiger partial charge in [0.25, 0.3) is 0 Å². The smallest absolute Gasteiger partial charge is 0.141 e. The number of morpholine rings is 1. The Bertz CT molecular complexity index is 1400. The Morgan fingerprint density at radius 2 is 1.94 bits per heavy atom. The molecule has 3 atom stereocenters. The predicted octanol–water partition coefficient (Wildman–Crippen LogP) is 3.08. The molecule has 8 heteroatoms. The van der Waals surface area contributed by atoms with Crippen molar-refractivity contribution < 1.29 is 7.48 Å². The second kappa shape index (κ2) is 9.66. The average molecular weight is 486 g/mol. The fraction of sp³-hybridized carbons (Fsp3) is 0.464. The maximum Gasteiger partial charge on any atom is 0.141 e. The monoisotopic (exact) mass is 485 g/mol. The number of benzene rings is 1. The Kier molecular flexibility index (Phi) is 5.61. The van der Waals surface area contributed by atoms with Crippen LogP contribution in [0.4, 0.5) is 11.5 Å². The Labute approximate surface area is 215 Å². The van der Waals surface area contributed by atoms with Crippen LogP contribution < -0.4 is 15.1 Å². The summed E-state index contributed by atoms with van der Waals surface area (Å²) in [6, 6.07) is 12.3. The van der Waals surface area contributed by atoms with Crippen molar-refractivity contribution in [2.45, 2.75) is 38.6 Å². The zero-order valence-electron chi connectivity index (χ0n) is 22.9. The molecule has 1 N–H and O–H groups in total. The van der Waals surface area contributed by atoms with Crippen molar-refractivity contribution in [1.82, 2.24) is 20.2 Å². The van der Waals surface area contributed by atoms with Crippen molar-refractivity contribution in [1.29, 1.82) is 5.26 Å². The van der Waals surface area contributed by atoms with Crippen molar-refractivity contribution in [3.8, 4) is 6.07 Å². The van der Waals surface area contributed by atoms with E-state index in [1.165, 1.54) is 11.3 Å². The number of hydrogen-bond acceptors (Lipinski definition) is 8. The molecule has 0 bridgehead atoms. The van der Waals surface area contributed by atoms with E-state index in [2.05, 4.69) is 51.0 Å². The van der Waals surface area contributed by atoms with Crippen LogP contribution in [0.3, 0.4) is 0 Å². The summed E-state index contributed by atoms with van der Waals surface area (Å²) in [5.74, 6) is 1.07. The first kappa shape index (κ1) is 20.9. The van der Waals surface area contributed by atoms with Gasteiger partial charge in [-0.1, -0.05) is 12.1 Å². The standard InChI is InChI=1S/C28H33N7O/c1-19-16-35(27-5-3-4-25-24(27)7-6-21(14-29)31-25)18-22(36-19)17-33-10-12-34(13-11-33)28-9-8-23-20(2)30-15-26(23)32-28/h3-9,19-20,22,30H,10-13,15-18H2,1-2H3/t19-,20+,22+/m1/s1/i6D,7D. The molecule has 186 valence electrons. The first-order valence-corrected chi connectivity index (χ1v) is 12.8. The van der Waals surface area contributed by atoms with Gasteiger partial charge in [-0.25, -0.2) is 9.97 Å². The number of anilines is 2. The van der Waals surface area contributed by atoms with E-state index in [-0.39, 0.29) is 30.0 Å². The molecule has 0 radical (unpaired) electrons. The van der Waals surface area contributed by atoms with Gasteiger partial charge in [-0.15, -0.1) is 0 Å². The summed E-state index contributed by atoms with van der Waals surface area (Å²) in [7, 11) is 0. The summed E-state index contributed by atoms with van der Waals surface area (Å²) in [5, 5.41) is 13.4. The van der Waals surface area contributed by atoms with Gasteiger partial charge >= 0.3 is 0 Å². The third-order valence-electron chi connectivity index (χ3n) is 7.53. The molecule has 2 saturated heterocycles. The average Bonchev–Trinajstić information content (AvgIpc) is 3.30. The minimum Gasteiger partial charge on any atom is -0.370 e. The molecule has 2 aromatic heterocycles. The molecule has 0 unspecified atom stereocenters. The maximum absolute atomic E-state index is 9.32. The maximum atomic E-state index is 9.32. The van der Waals surface area contributed by atoms with E-state index >= 15 is 0 Å². The highest BCUT2D eigenvalue weighted by Crippen LogP contribution is 2.29. The van der Waals surface area contributed by atoms with Gasteiger partial charge < -0.3 is 19.9 Å². The van der Waals surface area contributed by atoms with Gasteiger partial charge in [-0.2, -0.15) is 5.26 Å². The van der Waals surface area contributed by atoms with Gasteiger partial charge in [-0.05, 0) is 49.7 Å². The number of ether oxygens (including phenoxy) is 1. The first-order chi connectivity index (χ1) is 18.4. The SMILES string of the molecule is [2H]c1c(C#N)nc2cccc(N3C[C@H](CN4CCN(c5ccc6c(n5)CN[C@H]6C)CC4)O[C@H](C)C3)c2c1[2H]. The molecule has 2 fully saturated rings. The molecule has 1 aromatic carbocycles. The Morgan fingerprint density at radius 3 is 2.78 bits per heavy atom. The Hall–Kier alpha value is -3.25. The van der Waals surface area contributed by atoms with Crippen molar-refractivity contribution in [2.24, 2.45) is 0 Å². The summed E-state index contributed by atoms with van der Waals surface area (Å²) in [5.41, 5.74) is 3.94. The lowest BCUT2D eigenvalue weighted by Crippen LogP contribution is -2.54. The van der Waals surface area contributed by atoms with Crippen molar-refractivity contribution in [3.05, 3.63) is 59.4 Å². The molecular weight excluding hydrogens is 450 g/mol. The molecule has 0 spiro atoms. The van der Waals surface area contributed by atoms with Gasteiger partial charge in [0.05, 0.1) is 26.2 Å². The topological polar surface area (TPSA) is 80.6 Å². The summed E-state index contributed by atoms with van der Waals surface area (Å²) in [6.07, 6.45) is 0.0649. The second-order valence-electron chi connectivity index (χ2n) is 10.1. The van der Waals surface area contributed by atoms with Crippen molar-refractivity contribution in [2.75, 3.05) is 55.6 Å². The van der Waals surface area contributed by atoms with E-state index in [0.29, 0.717) is 30.0 Å². The highest BCUT2D eigenvalue weighted by molar-refractivity contribution is 5.92. The molecule has 3 aromatic rings. The number of fused-ring (bicyclic) bond motifs is 2.